The molecule has 3 amide bonds. The molecule has 0 aliphatic carbocycles. The molecule has 2 atom stereocenters. The third-order valence-electron chi connectivity index (χ3n) is 6.69. The van der Waals surface area contributed by atoms with Crippen LogP contribution in [0.25, 0.3) is 0 Å². The van der Waals surface area contributed by atoms with Crippen LogP contribution in [-0.4, -0.2) is 72.3 Å². The molecule has 7 nitrogen and oxygen atoms in total. The predicted molar refractivity (Wildman–Crippen MR) is 125 cm³/mol. The molecule has 7 heteroatoms. The summed E-state index contributed by atoms with van der Waals surface area (Å²) in [4.78, 5) is 44.5. The van der Waals surface area contributed by atoms with Gasteiger partial charge in [0.05, 0.1) is 24.6 Å². The molecule has 174 valence electrons. The summed E-state index contributed by atoms with van der Waals surface area (Å²) < 4.78 is 5.34. The Labute approximate surface area is 194 Å². The zero-order chi connectivity index (χ0) is 23.4. The molecule has 2 unspecified atom stereocenters. The van der Waals surface area contributed by atoms with Gasteiger partial charge in [0.15, 0.2) is 0 Å². The lowest BCUT2D eigenvalue weighted by molar-refractivity contribution is -0.135. The van der Waals surface area contributed by atoms with E-state index in [2.05, 4.69) is 0 Å². The third-order valence-corrected chi connectivity index (χ3v) is 6.69. The Morgan fingerprint density at radius 3 is 2.36 bits per heavy atom. The van der Waals surface area contributed by atoms with Crippen molar-refractivity contribution in [3.8, 4) is 5.75 Å². The minimum absolute atomic E-state index is 0.0118. The number of ether oxygens (including phenoxy) is 1. The van der Waals surface area contributed by atoms with Gasteiger partial charge in [0.25, 0.3) is 5.91 Å². The fraction of sp³-hybridized carbons (Fsp3) is 0.423. The largest absolute Gasteiger partial charge is 0.496 e. The number of methoxy groups -OCH3 is 1. The molecule has 0 aromatic heterocycles. The van der Waals surface area contributed by atoms with Crippen LogP contribution < -0.4 is 4.74 Å². The van der Waals surface area contributed by atoms with Crippen molar-refractivity contribution in [1.29, 1.82) is 0 Å². The lowest BCUT2D eigenvalue weighted by atomic mass is 10.1. The van der Waals surface area contributed by atoms with Gasteiger partial charge in [-0.05, 0) is 31.0 Å². The molecule has 0 saturated carbocycles. The van der Waals surface area contributed by atoms with Gasteiger partial charge in [-0.2, -0.15) is 0 Å². The molecule has 0 spiro atoms. The van der Waals surface area contributed by atoms with E-state index in [0.717, 1.165) is 5.56 Å². The average molecular weight is 450 g/mol. The Kier molecular flexibility index (Phi) is 6.96. The van der Waals surface area contributed by atoms with Crippen LogP contribution in [0, 0.1) is 5.92 Å². The molecule has 2 aromatic rings. The fourth-order valence-electron chi connectivity index (χ4n) is 4.77. The lowest BCUT2D eigenvalue weighted by Gasteiger charge is -2.27. The average Bonchev–Trinajstić information content (AvgIpc) is 3.08. The van der Waals surface area contributed by atoms with E-state index in [9.17, 15) is 14.4 Å². The Bertz CT molecular complexity index is 1010. The van der Waals surface area contributed by atoms with Crippen LogP contribution in [0.5, 0.6) is 5.75 Å². The first-order chi connectivity index (χ1) is 16.0. The number of hydrogen-bond donors (Lipinski definition) is 0. The van der Waals surface area contributed by atoms with Crippen molar-refractivity contribution in [3.63, 3.8) is 0 Å². The van der Waals surface area contributed by atoms with Gasteiger partial charge in [-0.3, -0.25) is 14.4 Å². The quantitative estimate of drug-likeness (QED) is 0.704. The SMILES string of the molecule is COc1ccccc1C(=O)N1CCCN(C(=O)C2CC(=O)N(C(C)c3ccccc3)C2)CC1. The first-order valence-electron chi connectivity index (χ1n) is 11.5. The number of benzene rings is 2. The number of rotatable bonds is 5. The fourth-order valence-corrected chi connectivity index (χ4v) is 4.77. The molecule has 2 aromatic carbocycles. The molecule has 33 heavy (non-hydrogen) atoms. The second kappa shape index (κ2) is 10.1. The van der Waals surface area contributed by atoms with E-state index in [4.69, 9.17) is 4.74 Å². The summed E-state index contributed by atoms with van der Waals surface area (Å²) in [6.07, 6.45) is 0.952. The van der Waals surface area contributed by atoms with Crippen LogP contribution >= 0.6 is 0 Å². The van der Waals surface area contributed by atoms with Gasteiger partial charge < -0.3 is 19.4 Å². The van der Waals surface area contributed by atoms with Gasteiger partial charge in [-0.25, -0.2) is 0 Å². The molecule has 2 aliphatic heterocycles. The van der Waals surface area contributed by atoms with Crippen LogP contribution in [0.15, 0.2) is 54.6 Å². The lowest BCUT2D eigenvalue weighted by Crippen LogP contribution is -2.41. The number of amides is 3. The van der Waals surface area contributed by atoms with Gasteiger partial charge in [-0.15, -0.1) is 0 Å². The highest BCUT2D eigenvalue weighted by Crippen LogP contribution is 2.29. The van der Waals surface area contributed by atoms with Gasteiger partial charge >= 0.3 is 0 Å². The third kappa shape index (κ3) is 4.87. The molecule has 2 fully saturated rings. The molecule has 4 rings (SSSR count). The molecule has 0 radical (unpaired) electrons. The Morgan fingerprint density at radius 1 is 0.939 bits per heavy atom. The molecule has 0 bridgehead atoms. The highest BCUT2D eigenvalue weighted by molar-refractivity contribution is 5.97. The molecule has 2 aliphatic rings. The van der Waals surface area contributed by atoms with E-state index >= 15 is 0 Å². The molecule has 0 N–H and O–H groups in total. The Hall–Kier alpha value is -3.35. The molecular weight excluding hydrogens is 418 g/mol. The number of hydrogen-bond acceptors (Lipinski definition) is 4. The zero-order valence-electron chi connectivity index (χ0n) is 19.3. The number of carbonyl (C=O) groups is 3. The van der Waals surface area contributed by atoms with Crippen LogP contribution in [0.2, 0.25) is 0 Å². The number of para-hydroxylation sites is 1. The van der Waals surface area contributed by atoms with Crippen molar-refractivity contribution in [2.45, 2.75) is 25.8 Å². The maximum absolute atomic E-state index is 13.3. The standard InChI is InChI=1S/C26H31N3O4/c1-19(20-9-4-3-5-10-20)29-18-21(17-24(29)30)25(31)27-13-8-14-28(16-15-27)26(32)22-11-6-7-12-23(22)33-2/h3-7,9-12,19,21H,8,13-18H2,1-2H3. The monoisotopic (exact) mass is 449 g/mol. The summed E-state index contributed by atoms with van der Waals surface area (Å²) in [6.45, 7) is 4.56. The normalized spacial score (nSPS) is 19.9. The van der Waals surface area contributed by atoms with Crippen LogP contribution in [0.4, 0.5) is 0 Å². The summed E-state index contributed by atoms with van der Waals surface area (Å²) >= 11 is 0. The maximum Gasteiger partial charge on any atom is 0.257 e. The van der Waals surface area contributed by atoms with E-state index in [1.165, 1.54) is 0 Å². The molecular formula is C26H31N3O4. The summed E-state index contributed by atoms with van der Waals surface area (Å²) in [6, 6.07) is 17.0. The molecule has 2 heterocycles. The highest BCUT2D eigenvalue weighted by Gasteiger charge is 2.39. The zero-order valence-corrected chi connectivity index (χ0v) is 19.3. The first kappa shape index (κ1) is 22.8. The van der Waals surface area contributed by atoms with Gasteiger partial charge in [0.1, 0.15) is 5.75 Å². The van der Waals surface area contributed by atoms with Crippen LogP contribution in [0.1, 0.15) is 41.7 Å². The van der Waals surface area contributed by atoms with Crippen molar-refractivity contribution in [2.24, 2.45) is 5.92 Å². The highest BCUT2D eigenvalue weighted by atomic mass is 16.5. The number of carbonyl (C=O) groups excluding carboxylic acids is 3. The summed E-state index contributed by atoms with van der Waals surface area (Å²) in [7, 11) is 1.56. The Balaban J connectivity index is 1.38. The number of nitrogens with zero attached hydrogens (tertiary/aromatic N) is 3. The van der Waals surface area contributed by atoms with E-state index in [-0.39, 0.29) is 36.1 Å². The summed E-state index contributed by atoms with van der Waals surface area (Å²) in [5.41, 5.74) is 1.60. The van der Waals surface area contributed by atoms with E-state index in [0.29, 0.717) is 50.5 Å². The van der Waals surface area contributed by atoms with Crippen molar-refractivity contribution < 1.29 is 19.1 Å². The number of likely N-dealkylation sites (tertiary alicyclic amines) is 1. The van der Waals surface area contributed by atoms with Gasteiger partial charge in [0, 0.05) is 39.1 Å². The Morgan fingerprint density at radius 2 is 1.61 bits per heavy atom. The molecule has 2 saturated heterocycles. The van der Waals surface area contributed by atoms with E-state index in [1.807, 2.05) is 59.2 Å². The van der Waals surface area contributed by atoms with Gasteiger partial charge in [0.2, 0.25) is 11.8 Å². The van der Waals surface area contributed by atoms with Crippen LogP contribution in [0.3, 0.4) is 0 Å². The van der Waals surface area contributed by atoms with E-state index < -0.39 is 0 Å². The smallest absolute Gasteiger partial charge is 0.257 e. The van der Waals surface area contributed by atoms with Crippen LogP contribution in [-0.2, 0) is 9.59 Å². The van der Waals surface area contributed by atoms with Gasteiger partial charge in [-0.1, -0.05) is 42.5 Å². The second-order valence-corrected chi connectivity index (χ2v) is 8.71. The second-order valence-electron chi connectivity index (χ2n) is 8.71. The van der Waals surface area contributed by atoms with Crippen molar-refractivity contribution in [1.82, 2.24) is 14.7 Å². The summed E-state index contributed by atoms with van der Waals surface area (Å²) in [5.74, 6) is 0.169. The maximum atomic E-state index is 13.3. The minimum Gasteiger partial charge on any atom is -0.496 e. The predicted octanol–water partition coefficient (Wildman–Crippen LogP) is 2.98. The first-order valence-corrected chi connectivity index (χ1v) is 11.5. The van der Waals surface area contributed by atoms with Crippen molar-refractivity contribution >= 4 is 17.7 Å². The van der Waals surface area contributed by atoms with Crippen molar-refractivity contribution in [3.05, 3.63) is 65.7 Å². The van der Waals surface area contributed by atoms with E-state index in [1.54, 1.807) is 24.1 Å². The minimum atomic E-state index is -0.333. The summed E-state index contributed by atoms with van der Waals surface area (Å²) in [5, 5.41) is 0. The van der Waals surface area contributed by atoms with Crippen molar-refractivity contribution in [2.75, 3.05) is 39.8 Å². The topological polar surface area (TPSA) is 70.2 Å².